The summed E-state index contributed by atoms with van der Waals surface area (Å²) in [6.45, 7) is 7.05. The van der Waals surface area contributed by atoms with E-state index in [0.717, 1.165) is 19.4 Å². The van der Waals surface area contributed by atoms with E-state index in [-0.39, 0.29) is 12.1 Å². The number of hydrogen-bond acceptors (Lipinski definition) is 4. The molecule has 1 rings (SSSR count). The van der Waals surface area contributed by atoms with Crippen molar-refractivity contribution in [2.24, 2.45) is 5.84 Å². The van der Waals surface area contributed by atoms with Crippen LogP contribution in [0.15, 0.2) is 0 Å². The first-order valence-electron chi connectivity index (χ1n) is 5.75. The van der Waals surface area contributed by atoms with Gasteiger partial charge in [-0.1, -0.05) is 0 Å². The summed E-state index contributed by atoms with van der Waals surface area (Å²) in [4.78, 5) is 13.6. The Hall–Kier alpha value is -0.810. The van der Waals surface area contributed by atoms with Crippen LogP contribution in [0.5, 0.6) is 0 Å². The molecule has 0 saturated carbocycles. The second-order valence-electron chi connectivity index (χ2n) is 5.39. The van der Waals surface area contributed by atoms with Gasteiger partial charge < -0.3 is 9.64 Å². The Bertz CT molecular complexity index is 248. The van der Waals surface area contributed by atoms with Gasteiger partial charge in [0, 0.05) is 26.2 Å². The number of carbonyl (C=O) groups excluding carboxylic acids is 1. The first-order valence-corrected chi connectivity index (χ1v) is 5.75. The Morgan fingerprint density at radius 2 is 2.12 bits per heavy atom. The average molecular weight is 229 g/mol. The van der Waals surface area contributed by atoms with E-state index >= 15 is 0 Å². The SMILES string of the molecule is CN(N)C1CCCN(C(=O)OC(C)(C)C)C1. The molecule has 1 heterocycles. The predicted octanol–water partition coefficient (Wildman–Crippen LogP) is 1.19. The average Bonchev–Trinajstić information content (AvgIpc) is 2.15. The third kappa shape index (κ3) is 3.98. The Balaban J connectivity index is 2.50. The zero-order valence-electron chi connectivity index (χ0n) is 10.7. The number of hydrogen-bond donors (Lipinski definition) is 1. The van der Waals surface area contributed by atoms with Crippen LogP contribution in [0.3, 0.4) is 0 Å². The second kappa shape index (κ2) is 5.01. The summed E-state index contributed by atoms with van der Waals surface area (Å²) in [5.74, 6) is 5.71. The number of nitrogens with zero attached hydrogens (tertiary/aromatic N) is 2. The number of amides is 1. The quantitative estimate of drug-likeness (QED) is 0.542. The van der Waals surface area contributed by atoms with Gasteiger partial charge in [-0.3, -0.25) is 5.84 Å². The van der Waals surface area contributed by atoms with Crippen LogP contribution in [-0.4, -0.2) is 47.8 Å². The van der Waals surface area contributed by atoms with Crippen LogP contribution in [0, 0.1) is 0 Å². The number of likely N-dealkylation sites (N-methyl/N-ethyl adjacent to an activating group) is 1. The summed E-state index contributed by atoms with van der Waals surface area (Å²) >= 11 is 0. The Kier molecular flexibility index (Phi) is 4.15. The number of rotatable bonds is 1. The molecule has 1 aliphatic heterocycles. The van der Waals surface area contributed by atoms with Gasteiger partial charge in [0.2, 0.25) is 0 Å². The third-order valence-electron chi connectivity index (χ3n) is 2.62. The summed E-state index contributed by atoms with van der Waals surface area (Å²) < 4.78 is 5.33. The number of carbonyl (C=O) groups is 1. The molecule has 5 nitrogen and oxygen atoms in total. The molecule has 0 aromatic carbocycles. The predicted molar refractivity (Wildman–Crippen MR) is 62.8 cm³/mol. The first-order chi connectivity index (χ1) is 7.29. The smallest absolute Gasteiger partial charge is 0.410 e. The summed E-state index contributed by atoms with van der Waals surface area (Å²) in [7, 11) is 1.84. The fraction of sp³-hybridized carbons (Fsp3) is 0.909. The number of likely N-dealkylation sites (tertiary alicyclic amines) is 1. The molecule has 1 amide bonds. The van der Waals surface area contributed by atoms with Crippen molar-refractivity contribution < 1.29 is 9.53 Å². The van der Waals surface area contributed by atoms with E-state index in [1.54, 1.807) is 9.91 Å². The van der Waals surface area contributed by atoms with Gasteiger partial charge in [0.1, 0.15) is 5.60 Å². The third-order valence-corrected chi connectivity index (χ3v) is 2.62. The van der Waals surface area contributed by atoms with E-state index in [4.69, 9.17) is 10.6 Å². The summed E-state index contributed by atoms with van der Waals surface area (Å²) in [6, 6.07) is 0.237. The van der Waals surface area contributed by atoms with Crippen LogP contribution in [0.2, 0.25) is 0 Å². The molecule has 0 bridgehead atoms. The largest absolute Gasteiger partial charge is 0.444 e. The molecule has 0 aromatic heterocycles. The van der Waals surface area contributed by atoms with Crippen molar-refractivity contribution in [3.05, 3.63) is 0 Å². The lowest BCUT2D eigenvalue weighted by molar-refractivity contribution is 0.0126. The van der Waals surface area contributed by atoms with Crippen molar-refractivity contribution in [2.45, 2.75) is 45.3 Å². The Morgan fingerprint density at radius 1 is 1.50 bits per heavy atom. The molecule has 1 saturated heterocycles. The molecule has 94 valence electrons. The molecular formula is C11H23N3O2. The molecule has 0 radical (unpaired) electrons. The van der Waals surface area contributed by atoms with E-state index in [1.807, 2.05) is 27.8 Å². The maximum Gasteiger partial charge on any atom is 0.410 e. The number of piperidine rings is 1. The number of ether oxygens (including phenoxy) is 1. The summed E-state index contributed by atoms with van der Waals surface area (Å²) in [5.41, 5.74) is -0.432. The number of hydrazine groups is 1. The molecular weight excluding hydrogens is 206 g/mol. The molecule has 5 heteroatoms. The van der Waals surface area contributed by atoms with E-state index < -0.39 is 5.60 Å². The van der Waals surface area contributed by atoms with Gasteiger partial charge in [0.25, 0.3) is 0 Å². The topological polar surface area (TPSA) is 58.8 Å². The maximum atomic E-state index is 11.8. The van der Waals surface area contributed by atoms with E-state index in [9.17, 15) is 4.79 Å². The fourth-order valence-electron chi connectivity index (χ4n) is 1.78. The van der Waals surface area contributed by atoms with Gasteiger partial charge in [0.05, 0.1) is 0 Å². The van der Waals surface area contributed by atoms with Gasteiger partial charge in [-0.05, 0) is 33.6 Å². The summed E-state index contributed by atoms with van der Waals surface area (Å²) in [6.07, 6.45) is 1.77. The maximum absolute atomic E-state index is 11.8. The van der Waals surface area contributed by atoms with Gasteiger partial charge in [0.15, 0.2) is 0 Å². The van der Waals surface area contributed by atoms with Crippen molar-refractivity contribution in [1.82, 2.24) is 9.91 Å². The van der Waals surface area contributed by atoms with E-state index in [2.05, 4.69) is 0 Å². The normalized spacial score (nSPS) is 22.4. The molecule has 0 aliphatic carbocycles. The summed E-state index contributed by atoms with van der Waals surface area (Å²) in [5, 5.41) is 1.68. The lowest BCUT2D eigenvalue weighted by atomic mass is 10.1. The highest BCUT2D eigenvalue weighted by Gasteiger charge is 2.28. The second-order valence-corrected chi connectivity index (χ2v) is 5.39. The molecule has 0 spiro atoms. The van der Waals surface area contributed by atoms with Crippen molar-refractivity contribution in [3.63, 3.8) is 0 Å². The van der Waals surface area contributed by atoms with Gasteiger partial charge in [-0.2, -0.15) is 0 Å². The molecule has 16 heavy (non-hydrogen) atoms. The highest BCUT2D eigenvalue weighted by Crippen LogP contribution is 2.16. The van der Waals surface area contributed by atoms with Gasteiger partial charge >= 0.3 is 6.09 Å². The van der Waals surface area contributed by atoms with Crippen molar-refractivity contribution >= 4 is 6.09 Å². The van der Waals surface area contributed by atoms with Crippen LogP contribution in [0.1, 0.15) is 33.6 Å². The minimum Gasteiger partial charge on any atom is -0.444 e. The zero-order valence-corrected chi connectivity index (χ0v) is 10.7. The Labute approximate surface area is 97.5 Å². The van der Waals surface area contributed by atoms with Crippen molar-refractivity contribution in [1.29, 1.82) is 0 Å². The van der Waals surface area contributed by atoms with Crippen LogP contribution in [0.25, 0.3) is 0 Å². The molecule has 1 atom stereocenters. The van der Waals surface area contributed by atoms with Gasteiger partial charge in [-0.15, -0.1) is 0 Å². The van der Waals surface area contributed by atoms with Crippen molar-refractivity contribution in [3.8, 4) is 0 Å². The molecule has 1 fully saturated rings. The van der Waals surface area contributed by atoms with Crippen molar-refractivity contribution in [2.75, 3.05) is 20.1 Å². The van der Waals surface area contributed by atoms with Gasteiger partial charge in [-0.25, -0.2) is 9.80 Å². The Morgan fingerprint density at radius 3 is 2.62 bits per heavy atom. The van der Waals surface area contributed by atoms with Crippen LogP contribution in [-0.2, 0) is 4.74 Å². The minimum absolute atomic E-state index is 0.237. The fourth-order valence-corrected chi connectivity index (χ4v) is 1.78. The molecule has 1 aliphatic rings. The van der Waals surface area contributed by atoms with E-state index in [1.165, 1.54) is 0 Å². The lowest BCUT2D eigenvalue weighted by Gasteiger charge is -2.36. The minimum atomic E-state index is -0.432. The molecule has 1 unspecified atom stereocenters. The van der Waals surface area contributed by atoms with Crippen LogP contribution < -0.4 is 5.84 Å². The lowest BCUT2D eigenvalue weighted by Crippen LogP contribution is -2.51. The highest BCUT2D eigenvalue weighted by atomic mass is 16.6. The monoisotopic (exact) mass is 229 g/mol. The molecule has 0 aromatic rings. The standard InChI is InChI=1S/C11H23N3O2/c1-11(2,3)16-10(15)14-7-5-6-9(8-14)13(4)12/h9H,5-8,12H2,1-4H3. The van der Waals surface area contributed by atoms with Crippen LogP contribution in [0.4, 0.5) is 4.79 Å². The zero-order chi connectivity index (χ0) is 12.3. The molecule has 2 N–H and O–H groups in total. The first kappa shape index (κ1) is 13.3. The number of nitrogens with two attached hydrogens (primary N) is 1. The van der Waals surface area contributed by atoms with E-state index in [0.29, 0.717) is 6.54 Å². The van der Waals surface area contributed by atoms with Crippen LogP contribution >= 0.6 is 0 Å². The highest BCUT2D eigenvalue weighted by molar-refractivity contribution is 5.68.